The molecule has 102 valence electrons. The molecule has 2 nitrogen and oxygen atoms in total. The van der Waals surface area contributed by atoms with Crippen LogP contribution in [-0.4, -0.2) is 0 Å². The fourth-order valence-electron chi connectivity index (χ4n) is 3.21. The molecule has 18 heavy (non-hydrogen) atoms. The van der Waals surface area contributed by atoms with Gasteiger partial charge < -0.3 is 0 Å². The Morgan fingerprint density at radius 1 is 1.39 bits per heavy atom. The van der Waals surface area contributed by atoms with E-state index < -0.39 is 0 Å². The quantitative estimate of drug-likeness (QED) is 0.624. The minimum atomic E-state index is 0.365. The molecular formula is C15H26N2S. The van der Waals surface area contributed by atoms with Gasteiger partial charge in [-0.15, -0.1) is 11.3 Å². The first-order valence-electron chi connectivity index (χ1n) is 7.33. The molecule has 3 N–H and O–H groups in total. The van der Waals surface area contributed by atoms with Gasteiger partial charge in [0.1, 0.15) is 0 Å². The molecule has 1 aliphatic carbocycles. The summed E-state index contributed by atoms with van der Waals surface area (Å²) in [4.78, 5) is 2.89. The summed E-state index contributed by atoms with van der Waals surface area (Å²) in [5.74, 6) is 7.46. The maximum absolute atomic E-state index is 5.83. The topological polar surface area (TPSA) is 38.0 Å². The van der Waals surface area contributed by atoms with Crippen molar-refractivity contribution in [1.29, 1.82) is 0 Å². The molecule has 0 aromatic carbocycles. The standard InChI is InChI=1S/C15H26N2S/c1-3-11-6-5-7-12(10-11)15(17-16)14-9-8-13(4-2)18-14/h8-9,11-12,15,17H,3-7,10,16H2,1-2H3. The van der Waals surface area contributed by atoms with Crippen molar-refractivity contribution in [1.82, 2.24) is 5.43 Å². The summed E-state index contributed by atoms with van der Waals surface area (Å²) in [5, 5.41) is 0. The summed E-state index contributed by atoms with van der Waals surface area (Å²) < 4.78 is 0. The highest BCUT2D eigenvalue weighted by Crippen LogP contribution is 2.39. The largest absolute Gasteiger partial charge is 0.271 e. The Balaban J connectivity index is 2.07. The molecule has 1 aromatic rings. The predicted molar refractivity (Wildman–Crippen MR) is 79.5 cm³/mol. The monoisotopic (exact) mass is 266 g/mol. The van der Waals surface area contributed by atoms with Gasteiger partial charge in [-0.05, 0) is 43.2 Å². The zero-order valence-corrected chi connectivity index (χ0v) is 12.4. The average molecular weight is 266 g/mol. The van der Waals surface area contributed by atoms with Crippen molar-refractivity contribution in [2.75, 3.05) is 0 Å². The molecule has 1 aromatic heterocycles. The van der Waals surface area contributed by atoms with Crippen molar-refractivity contribution >= 4 is 11.3 Å². The third kappa shape index (κ3) is 3.14. The summed E-state index contributed by atoms with van der Waals surface area (Å²) in [6.45, 7) is 4.53. The molecule has 0 saturated heterocycles. The summed E-state index contributed by atoms with van der Waals surface area (Å²) in [6, 6.07) is 4.89. The van der Waals surface area contributed by atoms with Gasteiger partial charge in [0, 0.05) is 9.75 Å². The van der Waals surface area contributed by atoms with Crippen LogP contribution in [0.15, 0.2) is 12.1 Å². The molecule has 0 bridgehead atoms. The summed E-state index contributed by atoms with van der Waals surface area (Å²) in [5.41, 5.74) is 3.08. The third-order valence-corrected chi connectivity index (χ3v) is 5.70. The van der Waals surface area contributed by atoms with E-state index in [0.29, 0.717) is 6.04 Å². The van der Waals surface area contributed by atoms with Crippen LogP contribution in [-0.2, 0) is 6.42 Å². The van der Waals surface area contributed by atoms with Crippen molar-refractivity contribution in [2.45, 2.75) is 58.4 Å². The molecule has 3 atom stereocenters. The summed E-state index contributed by atoms with van der Waals surface area (Å²) in [7, 11) is 0. The van der Waals surface area contributed by atoms with Gasteiger partial charge in [0.2, 0.25) is 0 Å². The first-order valence-corrected chi connectivity index (χ1v) is 8.14. The van der Waals surface area contributed by atoms with E-state index in [1.807, 2.05) is 11.3 Å². The number of thiophene rings is 1. The molecule has 0 amide bonds. The van der Waals surface area contributed by atoms with E-state index in [-0.39, 0.29) is 0 Å². The van der Waals surface area contributed by atoms with Crippen molar-refractivity contribution in [3.63, 3.8) is 0 Å². The Hall–Kier alpha value is -0.380. The minimum Gasteiger partial charge on any atom is -0.271 e. The van der Waals surface area contributed by atoms with Crippen LogP contribution in [0.5, 0.6) is 0 Å². The Labute approximate surface area is 115 Å². The smallest absolute Gasteiger partial charge is 0.0581 e. The second-order valence-corrected chi connectivity index (χ2v) is 6.70. The zero-order valence-electron chi connectivity index (χ0n) is 11.6. The summed E-state index contributed by atoms with van der Waals surface area (Å²) >= 11 is 1.93. The van der Waals surface area contributed by atoms with Crippen LogP contribution < -0.4 is 11.3 Å². The normalized spacial score (nSPS) is 26.2. The number of nitrogens with two attached hydrogens (primary N) is 1. The van der Waals surface area contributed by atoms with Crippen LogP contribution in [0, 0.1) is 11.8 Å². The number of rotatable bonds is 5. The lowest BCUT2D eigenvalue weighted by Crippen LogP contribution is -2.35. The van der Waals surface area contributed by atoms with Gasteiger partial charge in [-0.25, -0.2) is 0 Å². The van der Waals surface area contributed by atoms with Crippen molar-refractivity contribution < 1.29 is 0 Å². The molecule has 2 rings (SSSR count). The molecule has 1 fully saturated rings. The van der Waals surface area contributed by atoms with Crippen molar-refractivity contribution in [3.05, 3.63) is 21.9 Å². The van der Waals surface area contributed by atoms with Crippen LogP contribution >= 0.6 is 11.3 Å². The van der Waals surface area contributed by atoms with E-state index in [0.717, 1.165) is 18.3 Å². The van der Waals surface area contributed by atoms with Crippen molar-refractivity contribution in [2.24, 2.45) is 17.7 Å². The minimum absolute atomic E-state index is 0.365. The maximum atomic E-state index is 5.83. The van der Waals surface area contributed by atoms with Crippen LogP contribution in [0.4, 0.5) is 0 Å². The predicted octanol–water partition coefficient (Wildman–Crippen LogP) is 4.03. The van der Waals surface area contributed by atoms with Gasteiger partial charge in [0.15, 0.2) is 0 Å². The molecule has 0 spiro atoms. The lowest BCUT2D eigenvalue weighted by atomic mass is 9.76. The van der Waals surface area contributed by atoms with E-state index in [4.69, 9.17) is 5.84 Å². The second-order valence-electron chi connectivity index (χ2n) is 5.50. The molecule has 1 saturated carbocycles. The Kier molecular flexibility index (Phi) is 5.22. The fourth-order valence-corrected chi connectivity index (χ4v) is 4.32. The number of hydrazine groups is 1. The number of aryl methyl sites for hydroxylation is 1. The molecular weight excluding hydrogens is 240 g/mol. The SMILES string of the molecule is CCc1ccc(C(NN)C2CCCC(CC)C2)s1. The van der Waals surface area contributed by atoms with Crippen LogP contribution in [0.2, 0.25) is 0 Å². The van der Waals surface area contributed by atoms with E-state index in [1.54, 1.807) is 0 Å². The van der Waals surface area contributed by atoms with Crippen LogP contribution in [0.3, 0.4) is 0 Å². The Morgan fingerprint density at radius 3 is 2.83 bits per heavy atom. The maximum Gasteiger partial charge on any atom is 0.0581 e. The molecule has 0 radical (unpaired) electrons. The molecule has 0 aliphatic heterocycles. The average Bonchev–Trinajstić information content (AvgIpc) is 2.88. The van der Waals surface area contributed by atoms with E-state index in [2.05, 4.69) is 31.4 Å². The van der Waals surface area contributed by atoms with Crippen molar-refractivity contribution in [3.8, 4) is 0 Å². The first kappa shape index (κ1) is 14.0. The van der Waals surface area contributed by atoms with Gasteiger partial charge in [0.25, 0.3) is 0 Å². The highest BCUT2D eigenvalue weighted by molar-refractivity contribution is 7.12. The van der Waals surface area contributed by atoms with Gasteiger partial charge in [-0.1, -0.05) is 33.1 Å². The number of hydrogen-bond acceptors (Lipinski definition) is 3. The number of hydrogen-bond donors (Lipinski definition) is 2. The van der Waals surface area contributed by atoms with Gasteiger partial charge >= 0.3 is 0 Å². The fraction of sp³-hybridized carbons (Fsp3) is 0.733. The highest BCUT2D eigenvalue weighted by Gasteiger charge is 2.28. The Bertz CT molecular complexity index is 361. The lowest BCUT2D eigenvalue weighted by Gasteiger charge is -2.33. The Morgan fingerprint density at radius 2 is 2.22 bits per heavy atom. The second kappa shape index (κ2) is 6.69. The van der Waals surface area contributed by atoms with Gasteiger partial charge in [-0.3, -0.25) is 11.3 Å². The van der Waals surface area contributed by atoms with Gasteiger partial charge in [-0.2, -0.15) is 0 Å². The van der Waals surface area contributed by atoms with Crippen LogP contribution in [0.1, 0.15) is 61.7 Å². The van der Waals surface area contributed by atoms with Crippen LogP contribution in [0.25, 0.3) is 0 Å². The molecule has 3 unspecified atom stereocenters. The molecule has 1 heterocycles. The lowest BCUT2D eigenvalue weighted by molar-refractivity contribution is 0.212. The highest BCUT2D eigenvalue weighted by atomic mass is 32.1. The van der Waals surface area contributed by atoms with E-state index >= 15 is 0 Å². The molecule has 1 aliphatic rings. The van der Waals surface area contributed by atoms with E-state index in [9.17, 15) is 0 Å². The first-order chi connectivity index (χ1) is 8.78. The van der Waals surface area contributed by atoms with Gasteiger partial charge in [0.05, 0.1) is 6.04 Å². The summed E-state index contributed by atoms with van der Waals surface area (Å²) in [6.07, 6.45) is 7.89. The third-order valence-electron chi connectivity index (χ3n) is 4.39. The van der Waals surface area contributed by atoms with E-state index in [1.165, 1.54) is 41.9 Å². The number of nitrogens with one attached hydrogen (secondary N) is 1. The molecule has 3 heteroatoms. The zero-order chi connectivity index (χ0) is 13.0.